The molecule has 0 amide bonds. The van der Waals surface area contributed by atoms with Gasteiger partial charge in [-0.2, -0.15) is 0 Å². The van der Waals surface area contributed by atoms with Crippen LogP contribution in [-0.4, -0.2) is 47.3 Å². The number of carbonyl (C=O) groups is 1. The van der Waals surface area contributed by atoms with E-state index in [2.05, 4.69) is 17.3 Å². The zero-order valence-corrected chi connectivity index (χ0v) is 11.1. The smallest absolute Gasteiger partial charge is 0.335 e. The minimum Gasteiger partial charge on any atom is -0.508 e. The van der Waals surface area contributed by atoms with Gasteiger partial charge in [0.15, 0.2) is 0 Å². The van der Waals surface area contributed by atoms with E-state index in [0.717, 1.165) is 31.5 Å². The Balaban J connectivity index is 1.91. The van der Waals surface area contributed by atoms with Crippen molar-refractivity contribution in [2.75, 3.05) is 20.1 Å². The van der Waals surface area contributed by atoms with Crippen molar-refractivity contribution in [3.8, 4) is 5.75 Å². The largest absolute Gasteiger partial charge is 0.508 e. The lowest BCUT2D eigenvalue weighted by atomic mass is 10.0. The molecule has 0 unspecified atom stereocenters. The number of aromatic carboxylic acids is 1. The predicted octanol–water partition coefficient (Wildman–Crippen LogP) is 1.27. The maximum Gasteiger partial charge on any atom is 0.335 e. The second kappa shape index (κ2) is 6.04. The Labute approximate surface area is 112 Å². The lowest BCUT2D eigenvalue weighted by molar-refractivity contribution is 0.0696. The van der Waals surface area contributed by atoms with E-state index < -0.39 is 5.97 Å². The van der Waals surface area contributed by atoms with Crippen LogP contribution < -0.4 is 5.32 Å². The van der Waals surface area contributed by atoms with Crippen molar-refractivity contribution in [2.24, 2.45) is 0 Å². The van der Waals surface area contributed by atoms with Gasteiger partial charge in [-0.25, -0.2) is 4.79 Å². The highest BCUT2D eigenvalue weighted by Crippen LogP contribution is 2.19. The fraction of sp³-hybridized carbons (Fsp3) is 0.500. The number of hydrogen-bond donors (Lipinski definition) is 3. The standard InChI is InChI=1S/C14H20N2O3/c1-16-6-4-12(5-7-16)15-9-11-3-2-10(14(18)19)8-13(11)17/h2-3,8,12,15,17H,4-7,9H2,1H3,(H,18,19). The van der Waals surface area contributed by atoms with Gasteiger partial charge in [-0.3, -0.25) is 0 Å². The van der Waals surface area contributed by atoms with E-state index in [4.69, 9.17) is 5.11 Å². The Hall–Kier alpha value is -1.59. The molecule has 0 bridgehead atoms. The molecule has 1 fully saturated rings. The summed E-state index contributed by atoms with van der Waals surface area (Å²) in [5, 5.41) is 22.0. The first kappa shape index (κ1) is 13.8. The summed E-state index contributed by atoms with van der Waals surface area (Å²) >= 11 is 0. The van der Waals surface area contributed by atoms with Gasteiger partial charge in [0, 0.05) is 18.2 Å². The molecule has 3 N–H and O–H groups in total. The van der Waals surface area contributed by atoms with E-state index in [-0.39, 0.29) is 11.3 Å². The first-order valence-electron chi connectivity index (χ1n) is 6.53. The molecule has 2 rings (SSSR count). The zero-order valence-electron chi connectivity index (χ0n) is 11.1. The highest BCUT2D eigenvalue weighted by Gasteiger charge is 2.16. The summed E-state index contributed by atoms with van der Waals surface area (Å²) in [7, 11) is 2.12. The van der Waals surface area contributed by atoms with Gasteiger partial charge in [-0.05, 0) is 45.1 Å². The average molecular weight is 264 g/mol. The molecule has 1 heterocycles. The van der Waals surface area contributed by atoms with Crippen molar-refractivity contribution in [3.63, 3.8) is 0 Å². The Morgan fingerprint density at radius 3 is 2.68 bits per heavy atom. The van der Waals surface area contributed by atoms with Crippen LogP contribution in [0.1, 0.15) is 28.8 Å². The molecule has 1 aliphatic heterocycles. The Morgan fingerprint density at radius 2 is 2.11 bits per heavy atom. The van der Waals surface area contributed by atoms with E-state index in [0.29, 0.717) is 12.6 Å². The summed E-state index contributed by atoms with van der Waals surface area (Å²) in [5.41, 5.74) is 0.851. The minimum atomic E-state index is -1.02. The predicted molar refractivity (Wildman–Crippen MR) is 72.4 cm³/mol. The van der Waals surface area contributed by atoms with Crippen LogP contribution in [0.25, 0.3) is 0 Å². The lowest BCUT2D eigenvalue weighted by Crippen LogP contribution is -2.40. The first-order chi connectivity index (χ1) is 9.06. The number of benzene rings is 1. The number of phenolic OH excluding ortho intramolecular Hbond substituents is 1. The number of nitrogens with zero attached hydrogens (tertiary/aromatic N) is 1. The fourth-order valence-corrected chi connectivity index (χ4v) is 2.31. The summed E-state index contributed by atoms with van der Waals surface area (Å²) in [5.74, 6) is -0.981. The SMILES string of the molecule is CN1CCC(NCc2ccc(C(=O)O)cc2O)CC1. The molecule has 1 aromatic rings. The Kier molecular flexibility index (Phi) is 4.39. The number of hydrogen-bond acceptors (Lipinski definition) is 4. The molecular formula is C14H20N2O3. The van der Waals surface area contributed by atoms with Crippen LogP contribution in [-0.2, 0) is 6.54 Å². The van der Waals surface area contributed by atoms with Gasteiger partial charge >= 0.3 is 5.97 Å². The molecule has 19 heavy (non-hydrogen) atoms. The molecule has 0 spiro atoms. The third-order valence-corrected chi connectivity index (χ3v) is 3.63. The van der Waals surface area contributed by atoms with Crippen molar-refractivity contribution in [1.29, 1.82) is 0 Å². The molecular weight excluding hydrogens is 244 g/mol. The lowest BCUT2D eigenvalue weighted by Gasteiger charge is -2.29. The number of likely N-dealkylation sites (tertiary alicyclic amines) is 1. The summed E-state index contributed by atoms with van der Waals surface area (Å²) in [6, 6.07) is 4.96. The maximum atomic E-state index is 10.8. The van der Waals surface area contributed by atoms with Crippen molar-refractivity contribution < 1.29 is 15.0 Å². The highest BCUT2D eigenvalue weighted by molar-refractivity contribution is 5.88. The topological polar surface area (TPSA) is 72.8 Å². The molecule has 5 heteroatoms. The van der Waals surface area contributed by atoms with Gasteiger partial charge in [-0.15, -0.1) is 0 Å². The van der Waals surface area contributed by atoms with E-state index in [9.17, 15) is 9.90 Å². The second-order valence-corrected chi connectivity index (χ2v) is 5.11. The molecule has 104 valence electrons. The average Bonchev–Trinajstić information content (AvgIpc) is 2.39. The molecule has 1 aliphatic rings. The van der Waals surface area contributed by atoms with E-state index in [1.165, 1.54) is 12.1 Å². The molecule has 1 saturated heterocycles. The summed E-state index contributed by atoms with van der Waals surface area (Å²) in [4.78, 5) is 13.1. The molecule has 0 atom stereocenters. The van der Waals surface area contributed by atoms with E-state index in [1.807, 2.05) is 0 Å². The third kappa shape index (κ3) is 3.68. The molecule has 5 nitrogen and oxygen atoms in total. The van der Waals surface area contributed by atoms with Gasteiger partial charge in [0.2, 0.25) is 0 Å². The van der Waals surface area contributed by atoms with Gasteiger partial charge in [0.1, 0.15) is 5.75 Å². The van der Waals surface area contributed by atoms with E-state index in [1.54, 1.807) is 6.07 Å². The normalized spacial score (nSPS) is 17.5. The molecule has 0 saturated carbocycles. The van der Waals surface area contributed by atoms with Crippen LogP contribution >= 0.6 is 0 Å². The van der Waals surface area contributed by atoms with Gasteiger partial charge in [0.25, 0.3) is 0 Å². The molecule has 0 radical (unpaired) electrons. The number of carboxylic acid groups (broad SMARTS) is 1. The highest BCUT2D eigenvalue weighted by atomic mass is 16.4. The second-order valence-electron chi connectivity index (χ2n) is 5.11. The van der Waals surface area contributed by atoms with Crippen LogP contribution in [0.15, 0.2) is 18.2 Å². The zero-order chi connectivity index (χ0) is 13.8. The van der Waals surface area contributed by atoms with Crippen LogP contribution in [0, 0.1) is 0 Å². The Bertz CT molecular complexity index is 454. The maximum absolute atomic E-state index is 10.8. The van der Waals surface area contributed by atoms with Gasteiger partial charge in [0.05, 0.1) is 5.56 Å². The molecule has 0 aliphatic carbocycles. The van der Waals surface area contributed by atoms with Crippen LogP contribution in [0.3, 0.4) is 0 Å². The van der Waals surface area contributed by atoms with Gasteiger partial charge in [-0.1, -0.05) is 6.07 Å². The van der Waals surface area contributed by atoms with Crippen molar-refractivity contribution in [2.45, 2.75) is 25.4 Å². The first-order valence-corrected chi connectivity index (χ1v) is 6.53. The summed E-state index contributed by atoms with van der Waals surface area (Å²) in [6.45, 7) is 2.74. The number of phenols is 1. The van der Waals surface area contributed by atoms with E-state index >= 15 is 0 Å². The Morgan fingerprint density at radius 1 is 1.42 bits per heavy atom. The monoisotopic (exact) mass is 264 g/mol. The number of carboxylic acids is 1. The molecule has 0 aromatic heterocycles. The number of piperidine rings is 1. The van der Waals surface area contributed by atoms with Crippen molar-refractivity contribution in [3.05, 3.63) is 29.3 Å². The van der Waals surface area contributed by atoms with Crippen LogP contribution in [0.5, 0.6) is 5.75 Å². The van der Waals surface area contributed by atoms with Gasteiger partial charge < -0.3 is 20.4 Å². The third-order valence-electron chi connectivity index (χ3n) is 3.63. The van der Waals surface area contributed by atoms with Crippen LogP contribution in [0.2, 0.25) is 0 Å². The minimum absolute atomic E-state index is 0.0420. The molecule has 1 aromatic carbocycles. The van der Waals surface area contributed by atoms with Crippen molar-refractivity contribution in [1.82, 2.24) is 10.2 Å². The number of aromatic hydroxyl groups is 1. The summed E-state index contributed by atoms with van der Waals surface area (Å²) in [6.07, 6.45) is 2.20. The summed E-state index contributed by atoms with van der Waals surface area (Å²) < 4.78 is 0. The fourth-order valence-electron chi connectivity index (χ4n) is 2.31. The number of rotatable bonds is 4. The van der Waals surface area contributed by atoms with Crippen LogP contribution in [0.4, 0.5) is 0 Å². The quantitative estimate of drug-likeness (QED) is 0.764. The number of nitrogens with one attached hydrogen (secondary N) is 1. The van der Waals surface area contributed by atoms with Crippen molar-refractivity contribution >= 4 is 5.97 Å².